The number of benzene rings is 2. The third-order valence-corrected chi connectivity index (χ3v) is 4.70. The first-order valence-corrected chi connectivity index (χ1v) is 8.67. The lowest BCUT2D eigenvalue weighted by Crippen LogP contribution is -2.24. The molecular formula is C20H16Cl2N2O2. The molecule has 3 aromatic rings. The summed E-state index contributed by atoms with van der Waals surface area (Å²) in [5, 5.41) is 10.0. The molecule has 0 fully saturated rings. The minimum Gasteiger partial charge on any atom is -0.392 e. The molecule has 0 bridgehead atoms. The van der Waals surface area contributed by atoms with Gasteiger partial charge in [-0.15, -0.1) is 0 Å². The van der Waals surface area contributed by atoms with Gasteiger partial charge in [-0.25, -0.2) is 0 Å². The van der Waals surface area contributed by atoms with Crippen molar-refractivity contribution < 1.29 is 9.90 Å². The zero-order valence-electron chi connectivity index (χ0n) is 13.7. The molecule has 0 saturated heterocycles. The molecule has 26 heavy (non-hydrogen) atoms. The van der Waals surface area contributed by atoms with Gasteiger partial charge in [0.2, 0.25) is 5.91 Å². The summed E-state index contributed by atoms with van der Waals surface area (Å²) in [6.45, 7) is -0.0628. The summed E-state index contributed by atoms with van der Waals surface area (Å²) in [5.41, 5.74) is 8.80. The number of hydrogen-bond acceptors (Lipinski definition) is 3. The van der Waals surface area contributed by atoms with E-state index in [2.05, 4.69) is 4.98 Å². The summed E-state index contributed by atoms with van der Waals surface area (Å²) in [4.78, 5) is 16.8. The van der Waals surface area contributed by atoms with Crippen molar-refractivity contribution in [3.8, 4) is 11.3 Å². The molecule has 0 aliphatic heterocycles. The van der Waals surface area contributed by atoms with Crippen molar-refractivity contribution in [2.24, 2.45) is 5.73 Å². The predicted octanol–water partition coefficient (Wildman–Crippen LogP) is 4.16. The third kappa shape index (κ3) is 3.73. The van der Waals surface area contributed by atoms with Crippen LogP contribution in [0.2, 0.25) is 10.0 Å². The first kappa shape index (κ1) is 18.4. The van der Waals surface area contributed by atoms with Crippen LogP contribution in [0.3, 0.4) is 0 Å². The summed E-state index contributed by atoms with van der Waals surface area (Å²) in [6.07, 6.45) is 0. The second-order valence-corrected chi connectivity index (χ2v) is 6.59. The van der Waals surface area contributed by atoms with Gasteiger partial charge < -0.3 is 10.8 Å². The fraction of sp³-hybridized carbons (Fsp3) is 0.100. The molecule has 1 amide bonds. The Morgan fingerprint density at radius 1 is 1.04 bits per heavy atom. The van der Waals surface area contributed by atoms with E-state index >= 15 is 0 Å². The topological polar surface area (TPSA) is 76.2 Å². The largest absolute Gasteiger partial charge is 0.392 e. The van der Waals surface area contributed by atoms with Gasteiger partial charge in [0, 0.05) is 21.2 Å². The summed E-state index contributed by atoms with van der Waals surface area (Å²) in [5.74, 6) is -1.45. The van der Waals surface area contributed by atoms with Gasteiger partial charge in [0.05, 0.1) is 18.0 Å². The highest BCUT2D eigenvalue weighted by molar-refractivity contribution is 6.36. The molecule has 1 atom stereocenters. The molecule has 4 nitrogen and oxygen atoms in total. The van der Waals surface area contributed by atoms with Gasteiger partial charge >= 0.3 is 0 Å². The number of aliphatic hydroxyl groups is 1. The van der Waals surface area contributed by atoms with Crippen molar-refractivity contribution in [1.29, 1.82) is 0 Å². The Labute approximate surface area is 161 Å². The van der Waals surface area contributed by atoms with Crippen LogP contribution in [0, 0.1) is 0 Å². The highest BCUT2D eigenvalue weighted by Gasteiger charge is 2.26. The van der Waals surface area contributed by atoms with Crippen LogP contribution >= 0.6 is 23.2 Å². The summed E-state index contributed by atoms with van der Waals surface area (Å²) in [7, 11) is 0. The number of aromatic nitrogens is 1. The third-order valence-electron chi connectivity index (χ3n) is 4.04. The fourth-order valence-electron chi connectivity index (χ4n) is 2.82. The highest BCUT2D eigenvalue weighted by Crippen LogP contribution is 2.35. The average Bonchev–Trinajstić information content (AvgIpc) is 2.64. The average molecular weight is 387 g/mol. The lowest BCUT2D eigenvalue weighted by molar-refractivity contribution is -0.118. The Morgan fingerprint density at radius 3 is 2.35 bits per heavy atom. The number of amides is 1. The molecule has 6 heteroatoms. The van der Waals surface area contributed by atoms with Gasteiger partial charge in [-0.05, 0) is 35.9 Å². The fourth-order valence-corrected chi connectivity index (χ4v) is 3.44. The molecule has 0 saturated carbocycles. The van der Waals surface area contributed by atoms with Crippen LogP contribution in [0.4, 0.5) is 0 Å². The number of halogens is 2. The van der Waals surface area contributed by atoms with Gasteiger partial charge in [0.25, 0.3) is 0 Å². The Balaban J connectivity index is 2.11. The van der Waals surface area contributed by atoms with Gasteiger partial charge in [-0.3, -0.25) is 9.78 Å². The van der Waals surface area contributed by atoms with Crippen molar-refractivity contribution in [2.75, 3.05) is 0 Å². The van der Waals surface area contributed by atoms with Crippen molar-refractivity contribution in [3.63, 3.8) is 0 Å². The molecule has 132 valence electrons. The number of aliphatic hydroxyl groups excluding tert-OH is 1. The van der Waals surface area contributed by atoms with Crippen LogP contribution in [-0.2, 0) is 11.4 Å². The van der Waals surface area contributed by atoms with Gasteiger partial charge in [-0.1, -0.05) is 53.5 Å². The number of rotatable bonds is 5. The number of pyridine rings is 1. The zero-order valence-corrected chi connectivity index (χ0v) is 15.2. The van der Waals surface area contributed by atoms with Crippen LogP contribution in [-0.4, -0.2) is 16.0 Å². The summed E-state index contributed by atoms with van der Waals surface area (Å²) >= 11 is 12.5. The molecular weight excluding hydrogens is 371 g/mol. The van der Waals surface area contributed by atoms with E-state index in [4.69, 9.17) is 28.9 Å². The summed E-state index contributed by atoms with van der Waals surface area (Å²) in [6, 6.07) is 17.7. The Hall–Kier alpha value is -2.40. The van der Waals surface area contributed by atoms with E-state index in [-0.39, 0.29) is 6.61 Å². The molecule has 0 aliphatic rings. The number of carbonyl (C=O) groups is 1. The Morgan fingerprint density at radius 2 is 1.69 bits per heavy atom. The lowest BCUT2D eigenvalue weighted by atomic mass is 9.93. The molecule has 1 aromatic heterocycles. The van der Waals surface area contributed by atoms with Crippen molar-refractivity contribution in [3.05, 3.63) is 87.5 Å². The van der Waals surface area contributed by atoms with Crippen LogP contribution in [0.5, 0.6) is 0 Å². The molecule has 3 rings (SSSR count). The number of hydrogen-bond donors (Lipinski definition) is 2. The van der Waals surface area contributed by atoms with Crippen molar-refractivity contribution in [2.45, 2.75) is 12.5 Å². The van der Waals surface area contributed by atoms with Gasteiger partial charge in [0.15, 0.2) is 0 Å². The van der Waals surface area contributed by atoms with Crippen molar-refractivity contribution >= 4 is 29.1 Å². The maximum Gasteiger partial charge on any atom is 0.231 e. The number of primary amides is 1. The van der Waals surface area contributed by atoms with E-state index in [1.165, 1.54) is 0 Å². The molecule has 1 unspecified atom stereocenters. The standard InChI is InChI=1S/C20H16Cl2N2O2/c21-14-6-2-7-15(22)18(14)19(20(23)26)17-9-3-8-16(24-17)13-5-1-4-12(10-13)11-25/h1-10,19,25H,11H2,(H2,23,26). The van der Waals surface area contributed by atoms with Gasteiger partial charge in [0.1, 0.15) is 5.92 Å². The van der Waals surface area contributed by atoms with Crippen LogP contribution in [0.1, 0.15) is 22.7 Å². The normalized spacial score (nSPS) is 12.0. The van der Waals surface area contributed by atoms with E-state index in [9.17, 15) is 9.90 Å². The summed E-state index contributed by atoms with van der Waals surface area (Å²) < 4.78 is 0. The number of nitrogens with zero attached hydrogens (tertiary/aromatic N) is 1. The molecule has 3 N–H and O–H groups in total. The number of nitrogens with two attached hydrogens (primary N) is 1. The monoisotopic (exact) mass is 386 g/mol. The Kier molecular flexibility index (Phi) is 5.57. The van der Waals surface area contributed by atoms with E-state index < -0.39 is 11.8 Å². The molecule has 0 spiro atoms. The van der Waals surface area contributed by atoms with E-state index in [0.717, 1.165) is 11.1 Å². The zero-order chi connectivity index (χ0) is 18.7. The predicted molar refractivity (Wildman–Crippen MR) is 103 cm³/mol. The smallest absolute Gasteiger partial charge is 0.231 e. The van der Waals surface area contributed by atoms with E-state index in [0.29, 0.717) is 27.0 Å². The first-order chi connectivity index (χ1) is 12.5. The minimum atomic E-state index is -0.864. The SMILES string of the molecule is NC(=O)C(c1cccc(-c2cccc(CO)c2)n1)c1c(Cl)cccc1Cl. The lowest BCUT2D eigenvalue weighted by Gasteiger charge is -2.17. The van der Waals surface area contributed by atoms with Crippen LogP contribution < -0.4 is 5.73 Å². The molecule has 0 radical (unpaired) electrons. The quantitative estimate of drug-likeness (QED) is 0.690. The van der Waals surface area contributed by atoms with E-state index in [1.54, 1.807) is 30.3 Å². The van der Waals surface area contributed by atoms with Gasteiger partial charge in [-0.2, -0.15) is 0 Å². The second kappa shape index (κ2) is 7.87. The highest BCUT2D eigenvalue weighted by atomic mass is 35.5. The first-order valence-electron chi connectivity index (χ1n) is 7.91. The number of carbonyl (C=O) groups excluding carboxylic acids is 1. The molecule has 0 aliphatic carbocycles. The Bertz CT molecular complexity index is 940. The van der Waals surface area contributed by atoms with Crippen LogP contribution in [0.15, 0.2) is 60.7 Å². The minimum absolute atomic E-state index is 0.0628. The second-order valence-electron chi connectivity index (χ2n) is 5.78. The maximum atomic E-state index is 12.2. The van der Waals surface area contributed by atoms with E-state index in [1.807, 2.05) is 30.3 Å². The van der Waals surface area contributed by atoms with Crippen LogP contribution in [0.25, 0.3) is 11.3 Å². The molecule has 2 aromatic carbocycles. The van der Waals surface area contributed by atoms with Crippen molar-refractivity contribution in [1.82, 2.24) is 4.98 Å². The molecule has 1 heterocycles. The maximum absolute atomic E-state index is 12.2.